The van der Waals surface area contributed by atoms with Crippen molar-refractivity contribution in [3.8, 4) is 0 Å². The predicted molar refractivity (Wildman–Crippen MR) is 124 cm³/mol. The van der Waals surface area contributed by atoms with E-state index >= 15 is 0 Å². The van der Waals surface area contributed by atoms with Gasteiger partial charge in [-0.25, -0.2) is 12.7 Å². The molecular formula is C24H41N3O4S. The number of carbonyl (C=O) groups excluding carboxylic acids is 2. The van der Waals surface area contributed by atoms with Crippen LogP contribution >= 0.6 is 0 Å². The third kappa shape index (κ3) is 4.33. The Morgan fingerprint density at radius 1 is 0.875 bits per heavy atom. The lowest BCUT2D eigenvalue weighted by Gasteiger charge is -2.55. The van der Waals surface area contributed by atoms with Gasteiger partial charge in [-0.2, -0.15) is 0 Å². The zero-order valence-corrected chi connectivity index (χ0v) is 21.2. The molecule has 1 saturated heterocycles. The Morgan fingerprint density at radius 2 is 1.50 bits per heavy atom. The number of nitrogens with zero attached hydrogens (tertiary/aromatic N) is 3. The molecular weight excluding hydrogens is 426 g/mol. The molecule has 4 aliphatic rings. The minimum absolute atomic E-state index is 0.0692. The van der Waals surface area contributed by atoms with Crippen LogP contribution in [0.1, 0.15) is 72.1 Å². The van der Waals surface area contributed by atoms with Crippen LogP contribution in [0.4, 0.5) is 0 Å². The number of fused-ring (bicyclic) bond motifs is 1. The van der Waals surface area contributed by atoms with E-state index in [1.165, 1.54) is 4.31 Å². The van der Waals surface area contributed by atoms with E-state index in [1.807, 2.05) is 4.90 Å². The summed E-state index contributed by atoms with van der Waals surface area (Å²) in [6.07, 6.45) is 7.55. The fourth-order valence-corrected chi connectivity index (χ4v) is 8.67. The largest absolute Gasteiger partial charge is 0.335 e. The molecule has 0 aromatic rings. The first kappa shape index (κ1) is 24.0. The number of hydrogen-bond donors (Lipinski definition) is 0. The molecule has 3 saturated carbocycles. The highest BCUT2D eigenvalue weighted by Gasteiger charge is 2.50. The summed E-state index contributed by atoms with van der Waals surface area (Å²) in [5.41, 5.74) is 0. The molecule has 0 bridgehead atoms. The molecule has 4 fully saturated rings. The van der Waals surface area contributed by atoms with E-state index in [1.54, 1.807) is 21.0 Å². The normalized spacial score (nSPS) is 38.5. The summed E-state index contributed by atoms with van der Waals surface area (Å²) in [7, 11) is 0.0298. The molecule has 7 nitrogen and oxygen atoms in total. The van der Waals surface area contributed by atoms with Gasteiger partial charge >= 0.3 is 0 Å². The van der Waals surface area contributed by atoms with Crippen molar-refractivity contribution in [2.45, 2.75) is 95.5 Å². The summed E-state index contributed by atoms with van der Waals surface area (Å²) >= 11 is 0. The molecule has 0 aromatic carbocycles. The topological polar surface area (TPSA) is 78.0 Å². The molecule has 7 atom stereocenters. The highest BCUT2D eigenvalue weighted by molar-refractivity contribution is 7.89. The van der Waals surface area contributed by atoms with Crippen molar-refractivity contribution < 1.29 is 18.0 Å². The lowest BCUT2D eigenvalue weighted by molar-refractivity contribution is -0.155. The van der Waals surface area contributed by atoms with Gasteiger partial charge in [-0.15, -0.1) is 0 Å². The molecule has 4 rings (SSSR count). The van der Waals surface area contributed by atoms with Crippen LogP contribution in [0, 0.1) is 23.7 Å². The third-order valence-electron chi connectivity index (χ3n) is 8.78. The van der Waals surface area contributed by atoms with E-state index in [4.69, 9.17) is 0 Å². The molecule has 0 N–H and O–H groups in total. The van der Waals surface area contributed by atoms with Gasteiger partial charge in [-0.05, 0) is 76.0 Å². The van der Waals surface area contributed by atoms with Gasteiger partial charge in [0.15, 0.2) is 0 Å². The summed E-state index contributed by atoms with van der Waals surface area (Å²) in [6, 6.07) is 0.304. The third-order valence-corrected chi connectivity index (χ3v) is 11.3. The molecule has 6 unspecified atom stereocenters. The van der Waals surface area contributed by atoms with Gasteiger partial charge in [0, 0.05) is 39.5 Å². The van der Waals surface area contributed by atoms with Crippen LogP contribution in [0.5, 0.6) is 0 Å². The number of amides is 2. The van der Waals surface area contributed by atoms with Gasteiger partial charge in [0.2, 0.25) is 21.8 Å². The van der Waals surface area contributed by atoms with E-state index in [0.717, 1.165) is 51.4 Å². The van der Waals surface area contributed by atoms with E-state index < -0.39 is 10.0 Å². The van der Waals surface area contributed by atoms with Gasteiger partial charge in [-0.3, -0.25) is 9.59 Å². The first-order chi connectivity index (χ1) is 15.0. The smallest absolute Gasteiger partial charge is 0.226 e. The fourth-order valence-electron chi connectivity index (χ4n) is 7.00. The van der Waals surface area contributed by atoms with Crippen molar-refractivity contribution in [3.05, 3.63) is 0 Å². The Bertz CT molecular complexity index is 840. The van der Waals surface area contributed by atoms with E-state index in [9.17, 15) is 18.0 Å². The van der Waals surface area contributed by atoms with Gasteiger partial charge in [-0.1, -0.05) is 6.92 Å². The van der Waals surface area contributed by atoms with Gasteiger partial charge in [0.1, 0.15) is 0 Å². The van der Waals surface area contributed by atoms with Crippen LogP contribution in [0.3, 0.4) is 0 Å². The second-order valence-electron chi connectivity index (χ2n) is 11.2. The van der Waals surface area contributed by atoms with Gasteiger partial charge in [0.05, 0.1) is 17.3 Å². The summed E-state index contributed by atoms with van der Waals surface area (Å²) in [4.78, 5) is 29.8. The Balaban J connectivity index is 1.49. The lowest BCUT2D eigenvalue weighted by atomic mass is 9.67. The molecule has 0 spiro atoms. The Morgan fingerprint density at radius 3 is 2.06 bits per heavy atom. The Labute approximate surface area is 193 Å². The predicted octanol–water partition coefficient (Wildman–Crippen LogP) is 2.71. The van der Waals surface area contributed by atoms with Crippen LogP contribution in [0.15, 0.2) is 0 Å². The molecule has 182 valence electrons. The maximum Gasteiger partial charge on any atom is 0.226 e. The molecule has 2 amide bonds. The SMILES string of the molecule is CC(=O)N1C2CCC(C3CCC(S(=O)(=O)N(C)C)C(C)C3)CC2N(C(=O)C2CC2)C[C@@H]1C. The summed E-state index contributed by atoms with van der Waals surface area (Å²) in [5, 5.41) is -0.290. The summed E-state index contributed by atoms with van der Waals surface area (Å²) < 4.78 is 26.8. The molecule has 0 radical (unpaired) electrons. The van der Waals surface area contributed by atoms with Crippen molar-refractivity contribution in [1.29, 1.82) is 0 Å². The molecule has 32 heavy (non-hydrogen) atoms. The molecule has 0 aromatic heterocycles. The van der Waals surface area contributed by atoms with Gasteiger partial charge in [0.25, 0.3) is 0 Å². The Hall–Kier alpha value is -1.15. The molecule has 8 heteroatoms. The van der Waals surface area contributed by atoms with E-state index in [-0.39, 0.29) is 41.1 Å². The molecule has 1 aliphatic heterocycles. The van der Waals surface area contributed by atoms with Gasteiger partial charge < -0.3 is 9.80 Å². The van der Waals surface area contributed by atoms with Crippen molar-refractivity contribution in [1.82, 2.24) is 14.1 Å². The minimum atomic E-state index is -3.23. The number of sulfonamides is 1. The first-order valence-electron chi connectivity index (χ1n) is 12.5. The quantitative estimate of drug-likeness (QED) is 0.637. The fraction of sp³-hybridized carbons (Fsp3) is 0.917. The standard InChI is InChI=1S/C24H41N3O4S/c1-15-12-19(9-11-23(15)32(30,31)25(4)5)20-8-10-21-22(13-20)26(24(29)18-6-7-18)14-16(2)27(21)17(3)28/h15-16,18-23H,6-14H2,1-5H3/t15?,16-,19?,20?,21?,22?,23?/m0/s1. The van der Waals surface area contributed by atoms with Crippen molar-refractivity contribution in [2.24, 2.45) is 23.7 Å². The van der Waals surface area contributed by atoms with Crippen LogP contribution < -0.4 is 0 Å². The van der Waals surface area contributed by atoms with Crippen molar-refractivity contribution >= 4 is 21.8 Å². The number of hydrogen-bond acceptors (Lipinski definition) is 4. The van der Waals surface area contributed by atoms with E-state index in [0.29, 0.717) is 24.3 Å². The summed E-state index contributed by atoms with van der Waals surface area (Å²) in [5.74, 6) is 1.75. The number of piperazine rings is 1. The van der Waals surface area contributed by atoms with Crippen molar-refractivity contribution in [3.63, 3.8) is 0 Å². The highest BCUT2D eigenvalue weighted by atomic mass is 32.2. The average Bonchev–Trinajstić information content (AvgIpc) is 3.57. The zero-order valence-electron chi connectivity index (χ0n) is 20.4. The second kappa shape index (κ2) is 8.90. The van der Waals surface area contributed by atoms with Crippen LogP contribution in [-0.4, -0.2) is 78.4 Å². The number of carbonyl (C=O) groups is 2. The maximum absolute atomic E-state index is 13.1. The van der Waals surface area contributed by atoms with Crippen LogP contribution in [0.2, 0.25) is 0 Å². The van der Waals surface area contributed by atoms with Crippen molar-refractivity contribution in [2.75, 3.05) is 20.6 Å². The molecule has 1 heterocycles. The highest BCUT2D eigenvalue weighted by Crippen LogP contribution is 2.46. The Kier molecular flexibility index (Phi) is 6.67. The summed E-state index contributed by atoms with van der Waals surface area (Å²) in [6.45, 7) is 6.47. The van der Waals surface area contributed by atoms with Crippen LogP contribution in [-0.2, 0) is 19.6 Å². The monoisotopic (exact) mass is 467 g/mol. The zero-order chi connectivity index (χ0) is 23.4. The molecule has 3 aliphatic carbocycles. The number of rotatable bonds is 4. The minimum Gasteiger partial charge on any atom is -0.335 e. The van der Waals surface area contributed by atoms with Crippen LogP contribution in [0.25, 0.3) is 0 Å². The van der Waals surface area contributed by atoms with E-state index in [2.05, 4.69) is 18.7 Å². The maximum atomic E-state index is 13.1. The second-order valence-corrected chi connectivity index (χ2v) is 13.5. The lowest BCUT2D eigenvalue weighted by Crippen LogP contribution is -2.67. The average molecular weight is 468 g/mol. The first-order valence-corrected chi connectivity index (χ1v) is 14.0.